The molecule has 1 N–H and O–H groups in total. The summed E-state index contributed by atoms with van der Waals surface area (Å²) in [5.74, 6) is 0.719. The van der Waals surface area contributed by atoms with Crippen molar-refractivity contribution in [3.63, 3.8) is 0 Å². The first-order valence-corrected chi connectivity index (χ1v) is 6.14. The average molecular weight is 215 g/mol. The molecule has 2 heteroatoms. The third-order valence-electron chi connectivity index (χ3n) is 3.09. The zero-order valence-electron chi connectivity index (χ0n) is 11.4. The number of rotatable bonds is 6. The van der Waals surface area contributed by atoms with Crippen molar-refractivity contribution in [1.82, 2.24) is 4.90 Å². The van der Waals surface area contributed by atoms with Gasteiger partial charge in [-0.1, -0.05) is 41.0 Å². The van der Waals surface area contributed by atoms with Gasteiger partial charge in [0.15, 0.2) is 0 Å². The summed E-state index contributed by atoms with van der Waals surface area (Å²) in [4.78, 5) is 2.31. The molecule has 0 saturated carbocycles. The van der Waals surface area contributed by atoms with Crippen molar-refractivity contribution in [2.75, 3.05) is 20.2 Å². The molecule has 0 aliphatic rings. The minimum atomic E-state index is 0.148. The first kappa shape index (κ1) is 14.9. The van der Waals surface area contributed by atoms with Gasteiger partial charge in [-0.05, 0) is 24.8 Å². The first-order valence-electron chi connectivity index (χ1n) is 6.14. The van der Waals surface area contributed by atoms with E-state index in [1.165, 1.54) is 12.8 Å². The van der Waals surface area contributed by atoms with Crippen LogP contribution in [0.2, 0.25) is 0 Å². The fraction of sp³-hybridized carbons (Fsp3) is 1.00. The Hall–Kier alpha value is -0.0800. The third kappa shape index (κ3) is 5.53. The van der Waals surface area contributed by atoms with Gasteiger partial charge in [-0.25, -0.2) is 0 Å². The Morgan fingerprint density at radius 1 is 1.27 bits per heavy atom. The molecule has 0 bridgehead atoms. The highest BCUT2D eigenvalue weighted by Crippen LogP contribution is 2.24. The Labute approximate surface area is 95.7 Å². The molecular weight excluding hydrogens is 186 g/mol. The second kappa shape index (κ2) is 6.49. The normalized spacial score (nSPS) is 16.8. The monoisotopic (exact) mass is 215 g/mol. The lowest BCUT2D eigenvalue weighted by molar-refractivity contribution is 0.0566. The predicted molar refractivity (Wildman–Crippen MR) is 67.0 cm³/mol. The van der Waals surface area contributed by atoms with Crippen molar-refractivity contribution < 1.29 is 5.11 Å². The van der Waals surface area contributed by atoms with Crippen molar-refractivity contribution >= 4 is 0 Å². The number of nitrogens with zero attached hydrogens (tertiary/aromatic N) is 1. The van der Waals surface area contributed by atoms with E-state index in [9.17, 15) is 5.11 Å². The maximum absolute atomic E-state index is 9.43. The Bertz CT molecular complexity index is 162. The molecule has 2 atom stereocenters. The van der Waals surface area contributed by atoms with E-state index in [1.807, 2.05) is 0 Å². The van der Waals surface area contributed by atoms with E-state index in [0.29, 0.717) is 0 Å². The number of likely N-dealkylation sites (N-methyl/N-ethyl adjacent to an activating group) is 1. The van der Waals surface area contributed by atoms with E-state index < -0.39 is 0 Å². The standard InChI is InChI=1S/C13H29NO/c1-7-8-11(2)9-14(6)12(10-15)13(3,4)5/h11-12,15H,7-10H2,1-6H3. The van der Waals surface area contributed by atoms with E-state index in [1.54, 1.807) is 0 Å². The predicted octanol–water partition coefficient (Wildman–Crippen LogP) is 2.76. The molecule has 0 aromatic carbocycles. The van der Waals surface area contributed by atoms with Crippen molar-refractivity contribution in [3.05, 3.63) is 0 Å². The molecule has 15 heavy (non-hydrogen) atoms. The molecule has 0 spiro atoms. The van der Waals surface area contributed by atoms with Crippen LogP contribution < -0.4 is 0 Å². The van der Waals surface area contributed by atoms with Crippen LogP contribution in [0.4, 0.5) is 0 Å². The van der Waals surface area contributed by atoms with Gasteiger partial charge in [0.25, 0.3) is 0 Å². The van der Waals surface area contributed by atoms with E-state index in [0.717, 1.165) is 12.5 Å². The summed E-state index contributed by atoms with van der Waals surface area (Å²) in [7, 11) is 2.12. The van der Waals surface area contributed by atoms with Crippen LogP contribution in [0.3, 0.4) is 0 Å². The molecule has 0 aromatic heterocycles. The van der Waals surface area contributed by atoms with Crippen molar-refractivity contribution in [2.24, 2.45) is 11.3 Å². The average Bonchev–Trinajstić information content (AvgIpc) is 2.02. The number of hydrogen-bond donors (Lipinski definition) is 1. The van der Waals surface area contributed by atoms with Crippen molar-refractivity contribution in [3.8, 4) is 0 Å². The molecule has 0 saturated heterocycles. The lowest BCUT2D eigenvalue weighted by Crippen LogP contribution is -2.45. The van der Waals surface area contributed by atoms with E-state index >= 15 is 0 Å². The zero-order valence-corrected chi connectivity index (χ0v) is 11.4. The summed E-state index contributed by atoms with van der Waals surface area (Å²) in [6.45, 7) is 12.4. The fourth-order valence-corrected chi connectivity index (χ4v) is 2.28. The highest BCUT2D eigenvalue weighted by Gasteiger charge is 2.27. The second-order valence-electron chi connectivity index (χ2n) is 5.90. The molecular formula is C13H29NO. The van der Waals surface area contributed by atoms with Crippen molar-refractivity contribution in [1.29, 1.82) is 0 Å². The molecule has 2 nitrogen and oxygen atoms in total. The van der Waals surface area contributed by atoms with Crippen LogP contribution in [-0.2, 0) is 0 Å². The summed E-state index contributed by atoms with van der Waals surface area (Å²) < 4.78 is 0. The Morgan fingerprint density at radius 2 is 1.80 bits per heavy atom. The smallest absolute Gasteiger partial charge is 0.0591 e. The van der Waals surface area contributed by atoms with Gasteiger partial charge in [0.2, 0.25) is 0 Å². The first-order chi connectivity index (χ1) is 6.82. The summed E-state index contributed by atoms with van der Waals surface area (Å²) in [6, 6.07) is 0.261. The van der Waals surface area contributed by atoms with Crippen LogP contribution in [0.1, 0.15) is 47.5 Å². The fourth-order valence-electron chi connectivity index (χ4n) is 2.28. The minimum Gasteiger partial charge on any atom is -0.395 e. The molecule has 0 heterocycles. The van der Waals surface area contributed by atoms with Gasteiger partial charge >= 0.3 is 0 Å². The van der Waals surface area contributed by atoms with Crippen LogP contribution in [0.15, 0.2) is 0 Å². The SMILES string of the molecule is CCCC(C)CN(C)C(CO)C(C)(C)C. The Morgan fingerprint density at radius 3 is 2.13 bits per heavy atom. The molecule has 0 aliphatic carbocycles. The van der Waals surface area contributed by atoms with Gasteiger partial charge in [-0.15, -0.1) is 0 Å². The van der Waals surface area contributed by atoms with Gasteiger partial charge in [0.05, 0.1) is 6.61 Å². The van der Waals surface area contributed by atoms with E-state index in [4.69, 9.17) is 0 Å². The minimum absolute atomic E-state index is 0.148. The van der Waals surface area contributed by atoms with Crippen LogP contribution in [0.5, 0.6) is 0 Å². The number of hydrogen-bond acceptors (Lipinski definition) is 2. The molecule has 0 aromatic rings. The molecule has 0 radical (unpaired) electrons. The largest absolute Gasteiger partial charge is 0.395 e. The summed E-state index contributed by atoms with van der Waals surface area (Å²) in [6.07, 6.45) is 2.51. The molecule has 2 unspecified atom stereocenters. The summed E-state index contributed by atoms with van der Waals surface area (Å²) >= 11 is 0. The molecule has 92 valence electrons. The molecule has 0 amide bonds. The third-order valence-corrected chi connectivity index (χ3v) is 3.09. The summed E-state index contributed by atoms with van der Waals surface area (Å²) in [5, 5.41) is 9.43. The van der Waals surface area contributed by atoms with Crippen molar-refractivity contribution in [2.45, 2.75) is 53.5 Å². The van der Waals surface area contributed by atoms with Gasteiger partial charge in [0, 0.05) is 12.6 Å². The number of aliphatic hydroxyl groups is 1. The Kier molecular flexibility index (Phi) is 6.46. The maximum Gasteiger partial charge on any atom is 0.0591 e. The summed E-state index contributed by atoms with van der Waals surface area (Å²) in [5.41, 5.74) is 0.148. The molecule has 0 aliphatic heterocycles. The zero-order chi connectivity index (χ0) is 12.1. The Balaban J connectivity index is 4.21. The van der Waals surface area contributed by atoms with Crippen LogP contribution >= 0.6 is 0 Å². The van der Waals surface area contributed by atoms with Crippen LogP contribution in [0.25, 0.3) is 0 Å². The van der Waals surface area contributed by atoms with Crippen LogP contribution in [0, 0.1) is 11.3 Å². The quantitative estimate of drug-likeness (QED) is 0.736. The van der Waals surface area contributed by atoms with Crippen LogP contribution in [-0.4, -0.2) is 36.2 Å². The molecule has 0 rings (SSSR count). The topological polar surface area (TPSA) is 23.5 Å². The highest BCUT2D eigenvalue weighted by molar-refractivity contribution is 4.81. The lowest BCUT2D eigenvalue weighted by atomic mass is 9.86. The molecule has 0 fully saturated rings. The van der Waals surface area contributed by atoms with Gasteiger partial charge in [-0.2, -0.15) is 0 Å². The lowest BCUT2D eigenvalue weighted by Gasteiger charge is -2.38. The van der Waals surface area contributed by atoms with Gasteiger partial charge in [0.1, 0.15) is 0 Å². The second-order valence-corrected chi connectivity index (χ2v) is 5.90. The van der Waals surface area contributed by atoms with Gasteiger partial charge in [-0.3, -0.25) is 0 Å². The maximum atomic E-state index is 9.43. The van der Waals surface area contributed by atoms with E-state index in [-0.39, 0.29) is 18.1 Å². The van der Waals surface area contributed by atoms with E-state index in [2.05, 4.69) is 46.6 Å². The highest BCUT2D eigenvalue weighted by atomic mass is 16.3. The number of aliphatic hydroxyl groups excluding tert-OH is 1. The van der Waals surface area contributed by atoms with Gasteiger partial charge < -0.3 is 10.0 Å².